The Morgan fingerprint density at radius 2 is 2.12 bits per heavy atom. The smallest absolute Gasteiger partial charge is 0.246 e. The van der Waals surface area contributed by atoms with Gasteiger partial charge in [0.05, 0.1) is 7.11 Å². The summed E-state index contributed by atoms with van der Waals surface area (Å²) in [5, 5.41) is 10.7. The van der Waals surface area contributed by atoms with Crippen molar-refractivity contribution in [1.82, 2.24) is 14.3 Å². The highest BCUT2D eigenvalue weighted by Crippen LogP contribution is 2.34. The second-order valence-corrected chi connectivity index (χ2v) is 8.30. The first-order valence-electron chi connectivity index (χ1n) is 7.94. The lowest BCUT2D eigenvalue weighted by Crippen LogP contribution is -2.40. The molecule has 2 heterocycles. The molecule has 1 aromatic carbocycles. The monoisotopic (exact) mass is 385 g/mol. The molecule has 0 saturated carbocycles. The zero-order valence-electron chi connectivity index (χ0n) is 13.7. The van der Waals surface area contributed by atoms with Gasteiger partial charge in [-0.2, -0.15) is 4.31 Å². The minimum absolute atomic E-state index is 0.0427. The molecule has 0 spiro atoms. The first-order valence-corrected chi connectivity index (χ1v) is 9.76. The van der Waals surface area contributed by atoms with Gasteiger partial charge in [0, 0.05) is 30.5 Å². The van der Waals surface area contributed by atoms with Gasteiger partial charge in [-0.3, -0.25) is 0 Å². The molecule has 1 unspecified atom stereocenters. The third kappa shape index (κ3) is 3.67. The summed E-state index contributed by atoms with van der Waals surface area (Å²) in [6, 6.07) is 4.54. The van der Waals surface area contributed by atoms with Crippen molar-refractivity contribution in [3.8, 4) is 5.75 Å². The van der Waals surface area contributed by atoms with Crippen LogP contribution in [0, 0.1) is 5.92 Å². The lowest BCUT2D eigenvalue weighted by atomic mass is 9.92. The van der Waals surface area contributed by atoms with Gasteiger partial charge in [-0.25, -0.2) is 13.4 Å². The maximum Gasteiger partial charge on any atom is 0.246 e. The van der Waals surface area contributed by atoms with Crippen LogP contribution in [0.3, 0.4) is 0 Å². The molecule has 1 atom stereocenters. The Morgan fingerprint density at radius 3 is 2.72 bits per heavy atom. The lowest BCUT2D eigenvalue weighted by molar-refractivity contribution is 0.0696. The second-order valence-electron chi connectivity index (χ2n) is 5.96. The Labute approximate surface area is 151 Å². The Balaban J connectivity index is 1.75. The quantitative estimate of drug-likeness (QED) is 0.822. The molecule has 1 aromatic heterocycles. The fraction of sp³-hybridized carbons (Fsp3) is 0.438. The molecule has 3 rings (SSSR count). The minimum atomic E-state index is -3.71. The van der Waals surface area contributed by atoms with Crippen molar-refractivity contribution in [2.45, 2.75) is 23.8 Å². The molecule has 1 fully saturated rings. The zero-order chi connectivity index (χ0) is 18.0. The summed E-state index contributed by atoms with van der Waals surface area (Å²) in [7, 11) is -2.29. The molecule has 2 N–H and O–H groups in total. The number of piperidine rings is 1. The molecule has 0 aliphatic carbocycles. The normalized spacial score (nSPS) is 18.2. The number of aliphatic hydroxyl groups excluding tert-OH is 1. The summed E-state index contributed by atoms with van der Waals surface area (Å²) in [4.78, 5) is 7.03. The third-order valence-corrected chi connectivity index (χ3v) is 6.64. The van der Waals surface area contributed by atoms with Crippen molar-refractivity contribution in [2.24, 2.45) is 5.92 Å². The number of aliphatic hydroxyl groups is 1. The van der Waals surface area contributed by atoms with E-state index in [4.69, 9.17) is 16.3 Å². The first-order chi connectivity index (χ1) is 11.9. The van der Waals surface area contributed by atoms with Crippen LogP contribution in [-0.4, -0.2) is 48.0 Å². The Kier molecular flexibility index (Phi) is 5.33. The van der Waals surface area contributed by atoms with E-state index in [1.54, 1.807) is 24.5 Å². The number of rotatable bonds is 5. The van der Waals surface area contributed by atoms with Gasteiger partial charge >= 0.3 is 0 Å². The van der Waals surface area contributed by atoms with Gasteiger partial charge in [0.15, 0.2) is 0 Å². The molecule has 1 aliphatic heterocycles. The number of ether oxygens (including phenoxy) is 1. The summed E-state index contributed by atoms with van der Waals surface area (Å²) in [5.74, 6) is 0.735. The van der Waals surface area contributed by atoms with Gasteiger partial charge in [0.1, 0.15) is 22.6 Å². The van der Waals surface area contributed by atoms with Gasteiger partial charge in [-0.05, 0) is 37.0 Å². The van der Waals surface area contributed by atoms with Gasteiger partial charge < -0.3 is 14.8 Å². The standard InChI is InChI=1S/C16H20ClN3O4S/c1-24-13-3-2-12(17)10-14(13)25(22,23)20-8-4-11(5-9-20)15(21)16-18-6-7-19-16/h2-3,6-7,10-11,15,21H,4-5,8-9H2,1H3,(H,18,19). The average Bonchev–Trinajstić information content (AvgIpc) is 3.16. The molecule has 136 valence electrons. The molecule has 7 nitrogen and oxygen atoms in total. The number of methoxy groups -OCH3 is 1. The van der Waals surface area contributed by atoms with Crippen molar-refractivity contribution in [3.05, 3.63) is 41.4 Å². The molecule has 0 amide bonds. The average molecular weight is 386 g/mol. The number of benzene rings is 1. The molecule has 0 bridgehead atoms. The highest BCUT2D eigenvalue weighted by molar-refractivity contribution is 7.89. The summed E-state index contributed by atoms with van der Waals surface area (Å²) in [6.07, 6.45) is 3.61. The van der Waals surface area contributed by atoms with Crippen LogP contribution >= 0.6 is 11.6 Å². The Morgan fingerprint density at radius 1 is 1.40 bits per heavy atom. The maximum absolute atomic E-state index is 12.9. The number of aromatic nitrogens is 2. The largest absolute Gasteiger partial charge is 0.495 e. The maximum atomic E-state index is 12.9. The number of nitrogens with one attached hydrogen (secondary N) is 1. The van der Waals surface area contributed by atoms with Crippen molar-refractivity contribution in [2.75, 3.05) is 20.2 Å². The third-order valence-electron chi connectivity index (χ3n) is 4.49. The summed E-state index contributed by atoms with van der Waals surface area (Å²) in [6.45, 7) is 0.640. The molecule has 25 heavy (non-hydrogen) atoms. The SMILES string of the molecule is COc1ccc(Cl)cc1S(=O)(=O)N1CCC(C(O)c2ncc[nH]2)CC1. The van der Waals surface area contributed by atoms with E-state index in [1.165, 1.54) is 17.5 Å². The van der Waals surface area contributed by atoms with Crippen LogP contribution in [0.1, 0.15) is 24.8 Å². The van der Waals surface area contributed by atoms with Crippen molar-refractivity contribution in [3.63, 3.8) is 0 Å². The number of imidazole rings is 1. The number of nitrogens with zero attached hydrogens (tertiary/aromatic N) is 2. The van der Waals surface area contributed by atoms with Gasteiger partial charge in [0.25, 0.3) is 0 Å². The Hall–Kier alpha value is -1.61. The topological polar surface area (TPSA) is 95.5 Å². The summed E-state index contributed by atoms with van der Waals surface area (Å²) in [5.41, 5.74) is 0. The number of sulfonamides is 1. The molecule has 1 aliphatic rings. The highest BCUT2D eigenvalue weighted by atomic mass is 35.5. The molecule has 0 radical (unpaired) electrons. The van der Waals surface area contributed by atoms with Crippen molar-refractivity contribution >= 4 is 21.6 Å². The van der Waals surface area contributed by atoms with Crippen LogP contribution in [0.25, 0.3) is 0 Å². The first kappa shape index (κ1) is 18.2. The van der Waals surface area contributed by atoms with E-state index in [-0.39, 0.29) is 16.6 Å². The number of hydrogen-bond donors (Lipinski definition) is 2. The molecule has 1 saturated heterocycles. The predicted octanol–water partition coefficient (Wildman–Crippen LogP) is 2.21. The van der Waals surface area contributed by atoms with Gasteiger partial charge in [-0.1, -0.05) is 11.6 Å². The fourth-order valence-electron chi connectivity index (χ4n) is 3.09. The second kappa shape index (κ2) is 7.33. The fourth-order valence-corrected chi connectivity index (χ4v) is 4.97. The van der Waals surface area contributed by atoms with Crippen LogP contribution in [0.4, 0.5) is 0 Å². The number of aromatic amines is 1. The zero-order valence-corrected chi connectivity index (χ0v) is 15.3. The number of H-pyrrole nitrogens is 1. The van der Waals surface area contributed by atoms with E-state index in [2.05, 4.69) is 9.97 Å². The van der Waals surface area contributed by atoms with Crippen LogP contribution in [0.15, 0.2) is 35.5 Å². The van der Waals surface area contributed by atoms with Gasteiger partial charge in [0.2, 0.25) is 10.0 Å². The van der Waals surface area contributed by atoms with Gasteiger partial charge in [-0.15, -0.1) is 0 Å². The Bertz CT molecular complexity index is 818. The summed E-state index contributed by atoms with van der Waals surface area (Å²) >= 11 is 5.96. The van der Waals surface area contributed by atoms with E-state index in [0.717, 1.165) is 0 Å². The van der Waals surface area contributed by atoms with E-state index < -0.39 is 16.1 Å². The molecular formula is C16H20ClN3O4S. The van der Waals surface area contributed by atoms with E-state index in [9.17, 15) is 13.5 Å². The van der Waals surface area contributed by atoms with Crippen LogP contribution < -0.4 is 4.74 Å². The van der Waals surface area contributed by atoms with Crippen molar-refractivity contribution in [1.29, 1.82) is 0 Å². The highest BCUT2D eigenvalue weighted by Gasteiger charge is 2.34. The van der Waals surface area contributed by atoms with Crippen LogP contribution in [-0.2, 0) is 10.0 Å². The van der Waals surface area contributed by atoms with Crippen LogP contribution in [0.5, 0.6) is 5.75 Å². The summed E-state index contributed by atoms with van der Waals surface area (Å²) < 4.78 is 32.4. The van der Waals surface area contributed by atoms with Crippen LogP contribution in [0.2, 0.25) is 5.02 Å². The molecule has 2 aromatic rings. The molecule has 9 heteroatoms. The number of halogens is 1. The molecular weight excluding hydrogens is 366 g/mol. The number of hydrogen-bond acceptors (Lipinski definition) is 5. The lowest BCUT2D eigenvalue weighted by Gasteiger charge is -2.33. The van der Waals surface area contributed by atoms with E-state index in [0.29, 0.717) is 36.8 Å². The predicted molar refractivity (Wildman–Crippen MR) is 93.0 cm³/mol. The van der Waals surface area contributed by atoms with E-state index >= 15 is 0 Å². The van der Waals surface area contributed by atoms with E-state index in [1.807, 2.05) is 0 Å². The van der Waals surface area contributed by atoms with Crippen molar-refractivity contribution < 1.29 is 18.3 Å². The minimum Gasteiger partial charge on any atom is -0.495 e.